The summed E-state index contributed by atoms with van der Waals surface area (Å²) in [5, 5.41) is 5.96. The van der Waals surface area contributed by atoms with Crippen LogP contribution in [0, 0.1) is 0 Å². The molecule has 0 spiro atoms. The Kier molecular flexibility index (Phi) is 4.98. The van der Waals surface area contributed by atoms with Crippen LogP contribution in [0.15, 0.2) is 42.7 Å². The zero-order valence-corrected chi connectivity index (χ0v) is 14.7. The second kappa shape index (κ2) is 7.18. The largest absolute Gasteiger partial charge is 0.363 e. The van der Waals surface area contributed by atoms with E-state index in [0.717, 1.165) is 5.56 Å². The summed E-state index contributed by atoms with van der Waals surface area (Å²) in [7, 11) is -3.04. The van der Waals surface area contributed by atoms with E-state index in [1.165, 1.54) is 6.33 Å². The maximum absolute atomic E-state index is 12.3. The lowest BCUT2D eigenvalue weighted by Crippen LogP contribution is -2.36. The Hall–Kier alpha value is -2.48. The molecule has 1 aliphatic heterocycles. The maximum Gasteiger partial charge on any atom is 0.270 e. The van der Waals surface area contributed by atoms with Crippen molar-refractivity contribution < 1.29 is 13.2 Å². The van der Waals surface area contributed by atoms with Crippen LogP contribution in [0.4, 0.5) is 5.82 Å². The van der Waals surface area contributed by atoms with Crippen LogP contribution in [0.25, 0.3) is 0 Å². The Morgan fingerprint density at radius 3 is 2.68 bits per heavy atom. The summed E-state index contributed by atoms with van der Waals surface area (Å²) in [6.07, 6.45) is 1.76. The lowest BCUT2D eigenvalue weighted by Gasteiger charge is -2.15. The highest BCUT2D eigenvalue weighted by molar-refractivity contribution is 7.91. The van der Waals surface area contributed by atoms with Crippen molar-refractivity contribution in [2.45, 2.75) is 25.4 Å². The number of anilines is 1. The topological polar surface area (TPSA) is 101 Å². The summed E-state index contributed by atoms with van der Waals surface area (Å²) in [6, 6.07) is 11.1. The first-order chi connectivity index (χ1) is 11.9. The van der Waals surface area contributed by atoms with Crippen LogP contribution >= 0.6 is 0 Å². The molecule has 1 aliphatic rings. The summed E-state index contributed by atoms with van der Waals surface area (Å²) in [4.78, 5) is 20.4. The molecule has 8 heteroatoms. The Labute approximate surface area is 146 Å². The number of sulfone groups is 1. The standard InChI is InChI=1S/C17H20N4O3S/c1-12(13-5-3-2-4-6-13)20-16-9-15(18-11-19-16)17(22)21-14-7-8-25(23,24)10-14/h2-6,9,11-12,14H,7-8,10H2,1H3,(H,21,22)(H,18,19,20). The van der Waals surface area contributed by atoms with Gasteiger partial charge in [-0.1, -0.05) is 30.3 Å². The van der Waals surface area contributed by atoms with Gasteiger partial charge in [0.25, 0.3) is 5.91 Å². The molecule has 1 aromatic carbocycles. The molecule has 2 N–H and O–H groups in total. The lowest BCUT2D eigenvalue weighted by atomic mass is 10.1. The number of hydrogen-bond donors (Lipinski definition) is 2. The Balaban J connectivity index is 1.66. The third kappa shape index (κ3) is 4.54. The molecule has 3 rings (SSSR count). The minimum Gasteiger partial charge on any atom is -0.363 e. The molecule has 2 atom stereocenters. The Morgan fingerprint density at radius 2 is 2.00 bits per heavy atom. The van der Waals surface area contributed by atoms with Gasteiger partial charge in [0.2, 0.25) is 0 Å². The minimum atomic E-state index is -3.04. The zero-order valence-electron chi connectivity index (χ0n) is 13.8. The summed E-state index contributed by atoms with van der Waals surface area (Å²) in [6.45, 7) is 2.00. The highest BCUT2D eigenvalue weighted by Gasteiger charge is 2.29. The predicted octanol–water partition coefficient (Wildman–Crippen LogP) is 1.57. The van der Waals surface area contributed by atoms with Crippen LogP contribution in [0.1, 0.15) is 35.4 Å². The third-order valence-electron chi connectivity index (χ3n) is 4.13. The lowest BCUT2D eigenvalue weighted by molar-refractivity contribution is 0.0936. The summed E-state index contributed by atoms with van der Waals surface area (Å²) >= 11 is 0. The predicted molar refractivity (Wildman–Crippen MR) is 95.0 cm³/mol. The van der Waals surface area contributed by atoms with Crippen LogP contribution in [-0.4, -0.2) is 41.8 Å². The molecule has 0 aliphatic carbocycles. The van der Waals surface area contributed by atoms with Crippen molar-refractivity contribution in [1.29, 1.82) is 0 Å². The second-order valence-corrected chi connectivity index (χ2v) is 8.37. The SMILES string of the molecule is CC(Nc1cc(C(=O)NC2CCS(=O)(=O)C2)ncn1)c1ccccc1. The average molecular weight is 360 g/mol. The molecule has 1 saturated heterocycles. The normalized spacial score (nSPS) is 20.0. The highest BCUT2D eigenvalue weighted by atomic mass is 32.2. The van der Waals surface area contributed by atoms with Crippen molar-refractivity contribution in [1.82, 2.24) is 15.3 Å². The van der Waals surface area contributed by atoms with E-state index >= 15 is 0 Å². The second-order valence-electron chi connectivity index (χ2n) is 6.14. The van der Waals surface area contributed by atoms with E-state index in [1.807, 2.05) is 37.3 Å². The molecular weight excluding hydrogens is 340 g/mol. The number of rotatable bonds is 5. The molecule has 0 saturated carbocycles. The highest BCUT2D eigenvalue weighted by Crippen LogP contribution is 2.18. The Bertz CT molecular complexity index is 855. The van der Waals surface area contributed by atoms with E-state index in [1.54, 1.807) is 6.07 Å². The van der Waals surface area contributed by atoms with E-state index < -0.39 is 9.84 Å². The number of carbonyl (C=O) groups is 1. The van der Waals surface area contributed by atoms with Gasteiger partial charge in [-0.05, 0) is 18.9 Å². The number of amides is 1. The van der Waals surface area contributed by atoms with Crippen LogP contribution in [0.2, 0.25) is 0 Å². The summed E-state index contributed by atoms with van der Waals surface area (Å²) in [5.41, 5.74) is 1.31. The maximum atomic E-state index is 12.3. The van der Waals surface area contributed by atoms with Crippen molar-refractivity contribution >= 4 is 21.6 Å². The van der Waals surface area contributed by atoms with Crippen LogP contribution < -0.4 is 10.6 Å². The summed E-state index contributed by atoms with van der Waals surface area (Å²) < 4.78 is 23.0. The zero-order chi connectivity index (χ0) is 17.9. The fourth-order valence-electron chi connectivity index (χ4n) is 2.78. The number of hydrogen-bond acceptors (Lipinski definition) is 6. The van der Waals surface area contributed by atoms with Crippen LogP contribution in [-0.2, 0) is 9.84 Å². The van der Waals surface area contributed by atoms with Crippen molar-refractivity contribution in [2.24, 2.45) is 0 Å². The average Bonchev–Trinajstić information content (AvgIpc) is 2.94. The molecule has 7 nitrogen and oxygen atoms in total. The molecule has 1 aromatic heterocycles. The van der Waals surface area contributed by atoms with Gasteiger partial charge in [0.15, 0.2) is 9.84 Å². The molecule has 2 aromatic rings. The van der Waals surface area contributed by atoms with E-state index in [2.05, 4.69) is 20.6 Å². The minimum absolute atomic E-state index is 0.0139. The van der Waals surface area contributed by atoms with Gasteiger partial charge in [0, 0.05) is 18.2 Å². The molecule has 0 radical (unpaired) electrons. The van der Waals surface area contributed by atoms with E-state index in [-0.39, 0.29) is 35.2 Å². The Morgan fingerprint density at radius 1 is 1.24 bits per heavy atom. The van der Waals surface area contributed by atoms with Crippen molar-refractivity contribution in [3.05, 3.63) is 54.0 Å². The fraction of sp³-hybridized carbons (Fsp3) is 0.353. The van der Waals surface area contributed by atoms with Crippen molar-refractivity contribution in [3.63, 3.8) is 0 Å². The quantitative estimate of drug-likeness (QED) is 0.839. The molecule has 132 valence electrons. The van der Waals surface area contributed by atoms with Gasteiger partial charge in [-0.15, -0.1) is 0 Å². The van der Waals surface area contributed by atoms with E-state index in [4.69, 9.17) is 0 Å². The number of nitrogens with one attached hydrogen (secondary N) is 2. The number of aromatic nitrogens is 2. The van der Waals surface area contributed by atoms with Gasteiger partial charge < -0.3 is 10.6 Å². The monoisotopic (exact) mass is 360 g/mol. The molecular formula is C17H20N4O3S. The molecule has 2 heterocycles. The molecule has 1 fully saturated rings. The van der Waals surface area contributed by atoms with Crippen molar-refractivity contribution in [2.75, 3.05) is 16.8 Å². The van der Waals surface area contributed by atoms with Gasteiger partial charge >= 0.3 is 0 Å². The molecule has 1 amide bonds. The number of benzene rings is 1. The van der Waals surface area contributed by atoms with Gasteiger partial charge in [-0.2, -0.15) is 0 Å². The first-order valence-corrected chi connectivity index (χ1v) is 9.90. The fourth-order valence-corrected chi connectivity index (χ4v) is 4.45. The molecule has 2 unspecified atom stereocenters. The van der Waals surface area contributed by atoms with Crippen molar-refractivity contribution in [3.8, 4) is 0 Å². The number of nitrogens with zero attached hydrogens (tertiary/aromatic N) is 2. The van der Waals surface area contributed by atoms with Gasteiger partial charge in [-0.25, -0.2) is 18.4 Å². The van der Waals surface area contributed by atoms with Crippen LogP contribution in [0.3, 0.4) is 0 Å². The third-order valence-corrected chi connectivity index (χ3v) is 5.90. The number of carbonyl (C=O) groups excluding carboxylic acids is 1. The molecule has 25 heavy (non-hydrogen) atoms. The first-order valence-electron chi connectivity index (χ1n) is 8.08. The van der Waals surface area contributed by atoms with Gasteiger partial charge in [0.05, 0.1) is 11.5 Å². The van der Waals surface area contributed by atoms with Gasteiger partial charge in [-0.3, -0.25) is 4.79 Å². The molecule has 0 bridgehead atoms. The van der Waals surface area contributed by atoms with E-state index in [0.29, 0.717) is 12.2 Å². The van der Waals surface area contributed by atoms with E-state index in [9.17, 15) is 13.2 Å². The summed E-state index contributed by atoms with van der Waals surface area (Å²) in [5.74, 6) is 0.249. The van der Waals surface area contributed by atoms with Crippen LogP contribution in [0.5, 0.6) is 0 Å². The smallest absolute Gasteiger partial charge is 0.270 e. The van der Waals surface area contributed by atoms with Gasteiger partial charge in [0.1, 0.15) is 17.8 Å². The first kappa shape index (κ1) is 17.3.